The molecule has 0 aliphatic carbocycles. The van der Waals surface area contributed by atoms with Gasteiger partial charge in [-0.3, -0.25) is 14.6 Å². The van der Waals surface area contributed by atoms with Crippen molar-refractivity contribution in [1.82, 2.24) is 9.97 Å². The summed E-state index contributed by atoms with van der Waals surface area (Å²) in [6.07, 6.45) is 1.08. The van der Waals surface area contributed by atoms with Gasteiger partial charge in [0.2, 0.25) is 0 Å². The van der Waals surface area contributed by atoms with Crippen molar-refractivity contribution in [3.8, 4) is 0 Å². The Labute approximate surface area is 109 Å². The SMILES string of the molecule is O=C(Nc1ccccc1Br)c1c[nH]c(=O)[nH]c1=O. The van der Waals surface area contributed by atoms with E-state index in [1.807, 2.05) is 4.98 Å². The van der Waals surface area contributed by atoms with Crippen LogP contribution in [0.15, 0.2) is 44.5 Å². The van der Waals surface area contributed by atoms with Crippen LogP contribution in [0.25, 0.3) is 0 Å². The van der Waals surface area contributed by atoms with E-state index in [0.29, 0.717) is 10.2 Å². The highest BCUT2D eigenvalue weighted by Crippen LogP contribution is 2.21. The topological polar surface area (TPSA) is 94.8 Å². The third-order valence-corrected chi connectivity index (χ3v) is 2.88. The Balaban J connectivity index is 2.31. The lowest BCUT2D eigenvalue weighted by molar-refractivity contribution is 0.102. The van der Waals surface area contributed by atoms with Crippen LogP contribution >= 0.6 is 15.9 Å². The van der Waals surface area contributed by atoms with E-state index in [2.05, 4.69) is 26.2 Å². The van der Waals surface area contributed by atoms with E-state index in [0.717, 1.165) is 6.20 Å². The Morgan fingerprint density at radius 2 is 1.94 bits per heavy atom. The van der Waals surface area contributed by atoms with Crippen molar-refractivity contribution in [1.29, 1.82) is 0 Å². The second kappa shape index (κ2) is 5.01. The summed E-state index contributed by atoms with van der Waals surface area (Å²) in [7, 11) is 0. The third-order valence-electron chi connectivity index (χ3n) is 2.19. The second-order valence-corrected chi connectivity index (χ2v) is 4.27. The van der Waals surface area contributed by atoms with Gasteiger partial charge in [-0.1, -0.05) is 12.1 Å². The van der Waals surface area contributed by atoms with Crippen LogP contribution < -0.4 is 16.6 Å². The molecule has 0 atom stereocenters. The van der Waals surface area contributed by atoms with Crippen molar-refractivity contribution in [3.05, 3.63) is 61.3 Å². The van der Waals surface area contributed by atoms with Crippen molar-refractivity contribution in [3.63, 3.8) is 0 Å². The lowest BCUT2D eigenvalue weighted by Gasteiger charge is -2.05. The van der Waals surface area contributed by atoms with Gasteiger partial charge >= 0.3 is 5.69 Å². The maximum Gasteiger partial charge on any atom is 0.325 e. The fourth-order valence-corrected chi connectivity index (χ4v) is 1.71. The van der Waals surface area contributed by atoms with Gasteiger partial charge < -0.3 is 10.3 Å². The van der Waals surface area contributed by atoms with Gasteiger partial charge in [0, 0.05) is 10.7 Å². The molecule has 6 nitrogen and oxygen atoms in total. The number of carbonyl (C=O) groups is 1. The van der Waals surface area contributed by atoms with Crippen LogP contribution in [0, 0.1) is 0 Å². The highest BCUT2D eigenvalue weighted by molar-refractivity contribution is 9.10. The molecule has 1 heterocycles. The zero-order chi connectivity index (χ0) is 13.1. The molecule has 0 aliphatic heterocycles. The second-order valence-electron chi connectivity index (χ2n) is 3.42. The number of rotatable bonds is 2. The summed E-state index contributed by atoms with van der Waals surface area (Å²) in [6, 6.07) is 6.98. The normalized spacial score (nSPS) is 10.1. The number of aromatic amines is 2. The van der Waals surface area contributed by atoms with Crippen LogP contribution in [0.2, 0.25) is 0 Å². The molecule has 1 amide bonds. The predicted molar refractivity (Wildman–Crippen MR) is 69.8 cm³/mol. The highest BCUT2D eigenvalue weighted by atomic mass is 79.9. The molecule has 0 fully saturated rings. The molecule has 0 spiro atoms. The summed E-state index contributed by atoms with van der Waals surface area (Å²) < 4.78 is 0.694. The number of anilines is 1. The maximum atomic E-state index is 11.8. The summed E-state index contributed by atoms with van der Waals surface area (Å²) in [6.45, 7) is 0. The number of para-hydroxylation sites is 1. The molecule has 0 radical (unpaired) electrons. The molecule has 1 aromatic carbocycles. The standard InChI is InChI=1S/C11H8BrN3O3/c12-7-3-1-2-4-8(7)14-9(16)6-5-13-11(18)15-10(6)17/h1-5H,(H,14,16)(H2,13,15,17,18). The fourth-order valence-electron chi connectivity index (χ4n) is 1.33. The number of hydrogen-bond acceptors (Lipinski definition) is 3. The lowest BCUT2D eigenvalue weighted by Crippen LogP contribution is -2.29. The third kappa shape index (κ3) is 2.57. The largest absolute Gasteiger partial charge is 0.325 e. The number of hydrogen-bond donors (Lipinski definition) is 3. The van der Waals surface area contributed by atoms with Crippen molar-refractivity contribution in [2.24, 2.45) is 0 Å². The summed E-state index contributed by atoms with van der Waals surface area (Å²) in [5, 5.41) is 2.56. The summed E-state index contributed by atoms with van der Waals surface area (Å²) >= 11 is 3.27. The van der Waals surface area contributed by atoms with Crippen molar-refractivity contribution in [2.75, 3.05) is 5.32 Å². The van der Waals surface area contributed by atoms with Gasteiger partial charge in [0.15, 0.2) is 0 Å². The minimum Gasteiger partial charge on any atom is -0.321 e. The predicted octanol–water partition coefficient (Wildman–Crippen LogP) is 1.08. The molecular weight excluding hydrogens is 302 g/mol. The first kappa shape index (κ1) is 12.3. The highest BCUT2D eigenvalue weighted by Gasteiger charge is 2.12. The van der Waals surface area contributed by atoms with E-state index in [1.165, 1.54) is 0 Å². The van der Waals surface area contributed by atoms with Crippen LogP contribution in [0.5, 0.6) is 0 Å². The molecule has 2 aromatic rings. The van der Waals surface area contributed by atoms with Gasteiger partial charge in [-0.25, -0.2) is 4.79 Å². The van der Waals surface area contributed by atoms with Gasteiger partial charge in [0.25, 0.3) is 11.5 Å². The quantitative estimate of drug-likeness (QED) is 0.774. The maximum absolute atomic E-state index is 11.8. The fraction of sp³-hybridized carbons (Fsp3) is 0. The van der Waals surface area contributed by atoms with E-state index in [1.54, 1.807) is 24.3 Å². The molecular formula is C11H8BrN3O3. The lowest BCUT2D eigenvalue weighted by atomic mass is 10.3. The number of carbonyl (C=O) groups excluding carboxylic acids is 1. The van der Waals surface area contributed by atoms with Crippen LogP contribution in [0.3, 0.4) is 0 Å². The van der Waals surface area contributed by atoms with Crippen molar-refractivity contribution < 1.29 is 4.79 Å². The molecule has 7 heteroatoms. The summed E-state index contributed by atoms with van der Waals surface area (Å²) in [5.41, 5.74) is -1.01. The summed E-state index contributed by atoms with van der Waals surface area (Å²) in [5.74, 6) is -0.598. The molecule has 92 valence electrons. The molecule has 0 unspecified atom stereocenters. The number of nitrogens with one attached hydrogen (secondary N) is 3. The molecule has 0 bridgehead atoms. The van der Waals surface area contributed by atoms with E-state index in [4.69, 9.17) is 0 Å². The first-order valence-corrected chi connectivity index (χ1v) is 5.75. The number of H-pyrrole nitrogens is 2. The van der Waals surface area contributed by atoms with Gasteiger partial charge in [-0.15, -0.1) is 0 Å². The first-order valence-electron chi connectivity index (χ1n) is 4.96. The number of aromatic nitrogens is 2. The minimum absolute atomic E-state index is 0.162. The van der Waals surface area contributed by atoms with Crippen LogP contribution in [0.1, 0.15) is 10.4 Å². The Morgan fingerprint density at radius 1 is 1.22 bits per heavy atom. The van der Waals surface area contributed by atoms with E-state index in [-0.39, 0.29) is 5.56 Å². The number of amides is 1. The Hall–Kier alpha value is -2.15. The van der Waals surface area contributed by atoms with Crippen LogP contribution in [0.4, 0.5) is 5.69 Å². The van der Waals surface area contributed by atoms with Gasteiger partial charge in [0.05, 0.1) is 5.69 Å². The molecule has 3 N–H and O–H groups in total. The Kier molecular flexibility index (Phi) is 3.42. The zero-order valence-corrected chi connectivity index (χ0v) is 10.6. The molecule has 1 aromatic heterocycles. The van der Waals surface area contributed by atoms with Crippen LogP contribution in [-0.2, 0) is 0 Å². The van der Waals surface area contributed by atoms with E-state index >= 15 is 0 Å². The van der Waals surface area contributed by atoms with Crippen molar-refractivity contribution >= 4 is 27.5 Å². The van der Waals surface area contributed by atoms with Crippen molar-refractivity contribution in [2.45, 2.75) is 0 Å². The van der Waals surface area contributed by atoms with E-state index < -0.39 is 17.2 Å². The van der Waals surface area contributed by atoms with Gasteiger partial charge in [0.1, 0.15) is 5.56 Å². The Bertz CT molecular complexity index is 705. The molecule has 0 saturated carbocycles. The minimum atomic E-state index is -0.733. The average molecular weight is 310 g/mol. The van der Waals surface area contributed by atoms with Crippen LogP contribution in [-0.4, -0.2) is 15.9 Å². The number of benzene rings is 1. The molecule has 0 aliphatic rings. The smallest absolute Gasteiger partial charge is 0.321 e. The zero-order valence-electron chi connectivity index (χ0n) is 8.99. The molecule has 0 saturated heterocycles. The number of halogens is 1. The van der Waals surface area contributed by atoms with Gasteiger partial charge in [-0.2, -0.15) is 0 Å². The summed E-state index contributed by atoms with van der Waals surface area (Å²) in [4.78, 5) is 38.3. The van der Waals surface area contributed by atoms with Gasteiger partial charge in [-0.05, 0) is 28.1 Å². The average Bonchev–Trinajstić information content (AvgIpc) is 2.32. The monoisotopic (exact) mass is 309 g/mol. The Morgan fingerprint density at radius 3 is 2.61 bits per heavy atom. The molecule has 18 heavy (non-hydrogen) atoms. The van der Waals surface area contributed by atoms with E-state index in [9.17, 15) is 14.4 Å². The first-order chi connectivity index (χ1) is 8.58. The molecule has 2 rings (SSSR count).